The molecule has 0 radical (unpaired) electrons. The molecule has 0 saturated carbocycles. The van der Waals surface area contributed by atoms with Gasteiger partial charge in [0.05, 0.1) is 20.3 Å². The number of nitrogens with zero attached hydrogens (tertiary/aromatic N) is 3. The molecule has 1 aromatic heterocycles. The number of morpholine rings is 1. The van der Waals surface area contributed by atoms with Crippen LogP contribution in [0.5, 0.6) is 5.88 Å². The number of nitrogens with one attached hydrogen (secondary N) is 1. The molecule has 1 amide bonds. The van der Waals surface area contributed by atoms with E-state index in [9.17, 15) is 4.79 Å². The lowest BCUT2D eigenvalue weighted by Gasteiger charge is -2.29. The summed E-state index contributed by atoms with van der Waals surface area (Å²) in [5.41, 5.74) is 0. The zero-order chi connectivity index (χ0) is 14.5. The first-order chi connectivity index (χ1) is 9.60. The number of amides is 1. The van der Waals surface area contributed by atoms with Crippen LogP contribution in [0, 0.1) is 6.92 Å². The summed E-state index contributed by atoms with van der Waals surface area (Å²) in [6.45, 7) is 6.07. The molecule has 2 rings (SSSR count). The second-order valence-corrected chi connectivity index (χ2v) is 4.65. The van der Waals surface area contributed by atoms with Crippen LogP contribution < -0.4 is 10.1 Å². The molecule has 7 heteroatoms. The zero-order valence-electron chi connectivity index (χ0n) is 12.0. The van der Waals surface area contributed by atoms with E-state index >= 15 is 0 Å². The first kappa shape index (κ1) is 14.5. The van der Waals surface area contributed by atoms with Crippen molar-refractivity contribution in [3.05, 3.63) is 11.9 Å². The highest BCUT2D eigenvalue weighted by Gasteiger charge is 2.22. The third-order valence-corrected chi connectivity index (χ3v) is 3.08. The minimum Gasteiger partial charge on any atom is -0.481 e. The first-order valence-corrected chi connectivity index (χ1v) is 6.63. The van der Waals surface area contributed by atoms with Crippen molar-refractivity contribution < 1.29 is 14.3 Å². The molecule has 2 heterocycles. The topological polar surface area (TPSA) is 76.6 Å². The number of hydrogen-bond acceptors (Lipinski definition) is 6. The standard InChI is InChI=1S/C13H20N4O3/c1-9(13(18)17-4-6-20-7-5-17)14-11-8-12(19-3)16-10(2)15-11/h8-9H,4-7H2,1-3H3,(H,14,15,16). The van der Waals surface area contributed by atoms with Crippen LogP contribution in [0.15, 0.2) is 6.07 Å². The lowest BCUT2D eigenvalue weighted by molar-refractivity contribution is -0.135. The Bertz CT molecular complexity index is 475. The van der Waals surface area contributed by atoms with E-state index in [0.29, 0.717) is 43.8 Å². The van der Waals surface area contributed by atoms with Crippen molar-refractivity contribution in [3.8, 4) is 5.88 Å². The fraction of sp³-hybridized carbons (Fsp3) is 0.615. The minimum absolute atomic E-state index is 0.0449. The SMILES string of the molecule is COc1cc(NC(C)C(=O)N2CCOCC2)nc(C)n1. The summed E-state index contributed by atoms with van der Waals surface area (Å²) < 4.78 is 10.3. The molecule has 1 N–H and O–H groups in total. The molecule has 1 fully saturated rings. The Hall–Kier alpha value is -1.89. The highest BCUT2D eigenvalue weighted by Crippen LogP contribution is 2.14. The Labute approximate surface area is 118 Å². The van der Waals surface area contributed by atoms with Crippen LogP contribution in [0.25, 0.3) is 0 Å². The van der Waals surface area contributed by atoms with Crippen LogP contribution in [0.1, 0.15) is 12.7 Å². The molecule has 7 nitrogen and oxygen atoms in total. The van der Waals surface area contributed by atoms with Crippen LogP contribution >= 0.6 is 0 Å². The maximum Gasteiger partial charge on any atom is 0.244 e. The minimum atomic E-state index is -0.355. The van der Waals surface area contributed by atoms with Crippen molar-refractivity contribution in [3.63, 3.8) is 0 Å². The molecule has 0 aromatic carbocycles. The Balaban J connectivity index is 2.01. The van der Waals surface area contributed by atoms with Crippen LogP contribution in [-0.2, 0) is 9.53 Å². The van der Waals surface area contributed by atoms with Gasteiger partial charge in [0.2, 0.25) is 11.8 Å². The number of anilines is 1. The third-order valence-electron chi connectivity index (χ3n) is 3.08. The summed E-state index contributed by atoms with van der Waals surface area (Å²) in [5, 5.41) is 3.09. The second kappa shape index (κ2) is 6.51. The van der Waals surface area contributed by atoms with Crippen molar-refractivity contribution in [2.24, 2.45) is 0 Å². The summed E-state index contributed by atoms with van der Waals surface area (Å²) in [4.78, 5) is 22.4. The Morgan fingerprint density at radius 1 is 1.45 bits per heavy atom. The highest BCUT2D eigenvalue weighted by molar-refractivity contribution is 5.84. The largest absolute Gasteiger partial charge is 0.481 e. The normalized spacial score (nSPS) is 16.6. The molecule has 110 valence electrons. The van der Waals surface area contributed by atoms with Crippen LogP contribution in [0.3, 0.4) is 0 Å². The van der Waals surface area contributed by atoms with Gasteiger partial charge in [-0.25, -0.2) is 4.98 Å². The number of carbonyl (C=O) groups is 1. The highest BCUT2D eigenvalue weighted by atomic mass is 16.5. The van der Waals surface area contributed by atoms with Gasteiger partial charge in [0.25, 0.3) is 0 Å². The van der Waals surface area contributed by atoms with Gasteiger partial charge in [-0.15, -0.1) is 0 Å². The predicted molar refractivity (Wildman–Crippen MR) is 73.8 cm³/mol. The van der Waals surface area contributed by atoms with Gasteiger partial charge in [-0.2, -0.15) is 4.98 Å². The predicted octanol–water partition coefficient (Wildman–Crippen LogP) is 0.453. The number of aryl methyl sites for hydroxylation is 1. The van der Waals surface area contributed by atoms with E-state index in [4.69, 9.17) is 9.47 Å². The fourth-order valence-electron chi connectivity index (χ4n) is 2.06. The van der Waals surface area contributed by atoms with Gasteiger partial charge in [-0.3, -0.25) is 4.79 Å². The molecule has 0 spiro atoms. The average Bonchev–Trinajstić information content (AvgIpc) is 2.46. The fourth-order valence-corrected chi connectivity index (χ4v) is 2.06. The monoisotopic (exact) mass is 280 g/mol. The van der Waals surface area contributed by atoms with E-state index in [1.165, 1.54) is 0 Å². The average molecular weight is 280 g/mol. The molecular formula is C13H20N4O3. The van der Waals surface area contributed by atoms with Gasteiger partial charge in [0, 0.05) is 19.2 Å². The maximum atomic E-state index is 12.3. The van der Waals surface area contributed by atoms with Gasteiger partial charge in [-0.1, -0.05) is 0 Å². The van der Waals surface area contributed by atoms with E-state index in [2.05, 4.69) is 15.3 Å². The Morgan fingerprint density at radius 2 is 2.15 bits per heavy atom. The number of ether oxygens (including phenoxy) is 2. The van der Waals surface area contributed by atoms with Crippen molar-refractivity contribution >= 4 is 11.7 Å². The van der Waals surface area contributed by atoms with E-state index in [1.807, 2.05) is 6.92 Å². The van der Waals surface area contributed by atoms with E-state index in [1.54, 1.807) is 25.0 Å². The first-order valence-electron chi connectivity index (χ1n) is 6.63. The molecule has 1 unspecified atom stereocenters. The maximum absolute atomic E-state index is 12.3. The van der Waals surface area contributed by atoms with Gasteiger partial charge >= 0.3 is 0 Å². The summed E-state index contributed by atoms with van der Waals surface area (Å²) >= 11 is 0. The van der Waals surface area contributed by atoms with Gasteiger partial charge < -0.3 is 19.7 Å². The Kier molecular flexibility index (Phi) is 4.73. The number of methoxy groups -OCH3 is 1. The zero-order valence-corrected chi connectivity index (χ0v) is 12.0. The van der Waals surface area contributed by atoms with Crippen LogP contribution in [0.4, 0.5) is 5.82 Å². The van der Waals surface area contributed by atoms with Crippen molar-refractivity contribution in [2.75, 3.05) is 38.7 Å². The smallest absolute Gasteiger partial charge is 0.244 e. The Morgan fingerprint density at radius 3 is 2.80 bits per heavy atom. The quantitative estimate of drug-likeness (QED) is 0.863. The molecule has 0 aliphatic carbocycles. The van der Waals surface area contributed by atoms with Gasteiger partial charge in [0.15, 0.2) is 0 Å². The molecule has 1 saturated heterocycles. The van der Waals surface area contributed by atoms with Crippen molar-refractivity contribution in [1.82, 2.24) is 14.9 Å². The molecule has 1 aliphatic heterocycles. The lowest BCUT2D eigenvalue weighted by atomic mass is 10.2. The van der Waals surface area contributed by atoms with Crippen LogP contribution in [0.2, 0.25) is 0 Å². The number of hydrogen-bond donors (Lipinski definition) is 1. The van der Waals surface area contributed by atoms with Gasteiger partial charge in [0.1, 0.15) is 17.7 Å². The number of aromatic nitrogens is 2. The summed E-state index contributed by atoms with van der Waals surface area (Å²) in [6.07, 6.45) is 0. The van der Waals surface area contributed by atoms with Crippen LogP contribution in [-0.4, -0.2) is 60.2 Å². The molecule has 20 heavy (non-hydrogen) atoms. The van der Waals surface area contributed by atoms with E-state index in [0.717, 1.165) is 0 Å². The molecule has 1 aromatic rings. The number of rotatable bonds is 4. The molecule has 0 bridgehead atoms. The molecule has 1 aliphatic rings. The van der Waals surface area contributed by atoms with Crippen molar-refractivity contribution in [2.45, 2.75) is 19.9 Å². The van der Waals surface area contributed by atoms with Gasteiger partial charge in [-0.05, 0) is 13.8 Å². The lowest BCUT2D eigenvalue weighted by Crippen LogP contribution is -2.47. The molecule has 1 atom stereocenters. The summed E-state index contributed by atoms with van der Waals surface area (Å²) in [7, 11) is 1.55. The molecular weight excluding hydrogens is 260 g/mol. The third kappa shape index (κ3) is 3.57. The number of carbonyl (C=O) groups excluding carboxylic acids is 1. The summed E-state index contributed by atoms with van der Waals surface area (Å²) in [5.74, 6) is 1.70. The second-order valence-electron chi connectivity index (χ2n) is 4.65. The van der Waals surface area contributed by atoms with E-state index in [-0.39, 0.29) is 11.9 Å². The van der Waals surface area contributed by atoms with E-state index < -0.39 is 0 Å². The summed E-state index contributed by atoms with van der Waals surface area (Å²) in [6, 6.07) is 1.32. The van der Waals surface area contributed by atoms with Crippen molar-refractivity contribution in [1.29, 1.82) is 0 Å².